The normalized spacial score (nSPS) is 26.6. The standard InChI is InChI=1S/C16H27N5O.HI/c1-5-17-15(19-14-8-16(14,2)3)21-6-7-22-13(11-21)12-9-18-20(4)10-12;/h9-10,13-14H,5-8,11H2,1-4H3,(H,17,19);1H. The van der Waals surface area contributed by atoms with Gasteiger partial charge in [0, 0.05) is 37.9 Å². The van der Waals surface area contributed by atoms with E-state index >= 15 is 0 Å². The number of aryl methyl sites for hydroxylation is 1. The van der Waals surface area contributed by atoms with Gasteiger partial charge in [0.1, 0.15) is 6.10 Å². The van der Waals surface area contributed by atoms with Crippen LogP contribution in [-0.2, 0) is 11.8 Å². The van der Waals surface area contributed by atoms with Crippen molar-refractivity contribution in [1.82, 2.24) is 20.0 Å². The molecule has 0 bridgehead atoms. The van der Waals surface area contributed by atoms with E-state index in [0.29, 0.717) is 11.5 Å². The monoisotopic (exact) mass is 433 g/mol. The number of aromatic nitrogens is 2. The number of hydrogen-bond acceptors (Lipinski definition) is 3. The largest absolute Gasteiger partial charge is 0.370 e. The Bertz CT molecular complexity index is 556. The van der Waals surface area contributed by atoms with Crippen LogP contribution in [0.5, 0.6) is 0 Å². The molecule has 2 heterocycles. The molecule has 1 saturated heterocycles. The summed E-state index contributed by atoms with van der Waals surface area (Å²) < 4.78 is 7.74. The Morgan fingerprint density at radius 3 is 2.83 bits per heavy atom. The van der Waals surface area contributed by atoms with Crippen LogP contribution in [0.15, 0.2) is 17.4 Å². The van der Waals surface area contributed by atoms with E-state index in [1.165, 1.54) is 6.42 Å². The van der Waals surface area contributed by atoms with Gasteiger partial charge in [0.25, 0.3) is 0 Å². The van der Waals surface area contributed by atoms with E-state index in [4.69, 9.17) is 4.74 Å². The van der Waals surface area contributed by atoms with Gasteiger partial charge in [0.15, 0.2) is 5.96 Å². The summed E-state index contributed by atoms with van der Waals surface area (Å²) in [5.41, 5.74) is 1.53. The molecule has 0 amide bonds. The third kappa shape index (κ3) is 4.37. The fourth-order valence-electron chi connectivity index (χ4n) is 2.91. The molecule has 7 heteroatoms. The molecule has 0 radical (unpaired) electrons. The Balaban J connectivity index is 0.00000192. The van der Waals surface area contributed by atoms with E-state index in [9.17, 15) is 0 Å². The highest BCUT2D eigenvalue weighted by Crippen LogP contribution is 2.44. The van der Waals surface area contributed by atoms with Crippen LogP contribution in [0.25, 0.3) is 0 Å². The summed E-state index contributed by atoms with van der Waals surface area (Å²) in [7, 11) is 1.94. The van der Waals surface area contributed by atoms with Crippen LogP contribution in [0.2, 0.25) is 0 Å². The SMILES string of the molecule is CCN=C(NC1CC1(C)C)N1CCOC(c2cnn(C)c2)C1.I. The zero-order valence-corrected chi connectivity index (χ0v) is 16.8. The van der Waals surface area contributed by atoms with Gasteiger partial charge in [-0.3, -0.25) is 9.67 Å². The number of halogens is 1. The first-order valence-electron chi connectivity index (χ1n) is 8.15. The molecule has 1 aromatic rings. The third-order valence-electron chi connectivity index (χ3n) is 4.59. The summed E-state index contributed by atoms with van der Waals surface area (Å²) in [6, 6.07) is 0.539. The first kappa shape index (κ1) is 18.5. The van der Waals surface area contributed by atoms with E-state index in [-0.39, 0.29) is 30.1 Å². The van der Waals surface area contributed by atoms with Crippen molar-refractivity contribution in [3.05, 3.63) is 18.0 Å². The van der Waals surface area contributed by atoms with E-state index in [1.807, 2.05) is 24.1 Å². The summed E-state index contributed by atoms with van der Waals surface area (Å²) in [4.78, 5) is 7.00. The fourth-order valence-corrected chi connectivity index (χ4v) is 2.91. The molecule has 6 nitrogen and oxygen atoms in total. The molecule has 2 fully saturated rings. The molecule has 2 unspecified atom stereocenters. The molecule has 0 spiro atoms. The lowest BCUT2D eigenvalue weighted by Crippen LogP contribution is -2.49. The minimum absolute atomic E-state index is 0. The second kappa shape index (κ2) is 7.38. The molecule has 2 aliphatic rings. The van der Waals surface area contributed by atoms with Crippen molar-refractivity contribution in [1.29, 1.82) is 0 Å². The highest BCUT2D eigenvalue weighted by molar-refractivity contribution is 14.0. The lowest BCUT2D eigenvalue weighted by Gasteiger charge is -2.35. The van der Waals surface area contributed by atoms with Crippen molar-refractivity contribution in [2.24, 2.45) is 17.5 Å². The number of guanidine groups is 1. The second-order valence-electron chi connectivity index (χ2n) is 6.94. The van der Waals surface area contributed by atoms with E-state index in [2.05, 4.69) is 41.1 Å². The van der Waals surface area contributed by atoms with Crippen molar-refractivity contribution in [2.45, 2.75) is 39.3 Å². The van der Waals surface area contributed by atoms with Gasteiger partial charge in [-0.2, -0.15) is 5.10 Å². The zero-order chi connectivity index (χ0) is 15.7. The van der Waals surface area contributed by atoms with Crippen LogP contribution in [0.3, 0.4) is 0 Å². The fraction of sp³-hybridized carbons (Fsp3) is 0.750. The Kier molecular flexibility index (Phi) is 5.94. The Labute approximate surface area is 155 Å². The molecule has 0 aromatic carbocycles. The minimum Gasteiger partial charge on any atom is -0.370 e. The number of rotatable bonds is 3. The predicted molar refractivity (Wildman–Crippen MR) is 102 cm³/mol. The molecule has 1 aliphatic carbocycles. The van der Waals surface area contributed by atoms with Crippen LogP contribution in [-0.4, -0.2) is 52.9 Å². The maximum Gasteiger partial charge on any atom is 0.194 e. The maximum atomic E-state index is 5.92. The summed E-state index contributed by atoms with van der Waals surface area (Å²) >= 11 is 0. The Morgan fingerprint density at radius 2 is 2.26 bits per heavy atom. The van der Waals surface area contributed by atoms with Crippen LogP contribution < -0.4 is 5.32 Å². The van der Waals surface area contributed by atoms with Crippen molar-refractivity contribution in [2.75, 3.05) is 26.2 Å². The van der Waals surface area contributed by atoms with Crippen LogP contribution >= 0.6 is 24.0 Å². The van der Waals surface area contributed by atoms with Gasteiger partial charge >= 0.3 is 0 Å². The topological polar surface area (TPSA) is 54.7 Å². The lowest BCUT2D eigenvalue weighted by atomic mass is 10.1. The van der Waals surface area contributed by atoms with E-state index in [1.54, 1.807) is 0 Å². The third-order valence-corrected chi connectivity index (χ3v) is 4.59. The van der Waals surface area contributed by atoms with Crippen molar-refractivity contribution in [3.8, 4) is 0 Å². The van der Waals surface area contributed by atoms with E-state index in [0.717, 1.165) is 37.8 Å². The van der Waals surface area contributed by atoms with Crippen molar-refractivity contribution >= 4 is 29.9 Å². The lowest BCUT2D eigenvalue weighted by molar-refractivity contribution is -0.00814. The summed E-state index contributed by atoms with van der Waals surface area (Å²) in [6.45, 7) is 9.90. The maximum absolute atomic E-state index is 5.92. The quantitative estimate of drug-likeness (QED) is 0.451. The van der Waals surface area contributed by atoms with Crippen molar-refractivity contribution in [3.63, 3.8) is 0 Å². The number of hydrogen-bond donors (Lipinski definition) is 1. The van der Waals surface area contributed by atoms with Crippen molar-refractivity contribution < 1.29 is 4.74 Å². The smallest absolute Gasteiger partial charge is 0.194 e. The Morgan fingerprint density at radius 1 is 1.52 bits per heavy atom. The number of nitrogens with one attached hydrogen (secondary N) is 1. The summed E-state index contributed by atoms with van der Waals surface area (Å²) in [5.74, 6) is 1.02. The average molecular weight is 433 g/mol. The highest BCUT2D eigenvalue weighted by atomic mass is 127. The molecule has 1 N–H and O–H groups in total. The molecule has 3 rings (SSSR count). The second-order valence-corrected chi connectivity index (χ2v) is 6.94. The molecule has 130 valence electrons. The molecular weight excluding hydrogens is 405 g/mol. The van der Waals surface area contributed by atoms with Crippen LogP contribution in [0, 0.1) is 5.41 Å². The average Bonchev–Trinajstić information content (AvgIpc) is 2.88. The Hall–Kier alpha value is -0.830. The number of morpholine rings is 1. The molecule has 1 aromatic heterocycles. The molecule has 23 heavy (non-hydrogen) atoms. The highest BCUT2D eigenvalue weighted by Gasteiger charge is 2.46. The number of aliphatic imine (C=N–C) groups is 1. The number of nitrogens with zero attached hydrogens (tertiary/aromatic N) is 4. The molecule has 1 aliphatic heterocycles. The van der Waals surface area contributed by atoms with Gasteiger partial charge in [-0.1, -0.05) is 13.8 Å². The van der Waals surface area contributed by atoms with Gasteiger partial charge in [-0.15, -0.1) is 24.0 Å². The number of ether oxygens (including phenoxy) is 1. The van der Waals surface area contributed by atoms with Crippen LogP contribution in [0.4, 0.5) is 0 Å². The first-order valence-corrected chi connectivity index (χ1v) is 8.15. The van der Waals surface area contributed by atoms with Gasteiger partial charge in [0.05, 0.1) is 19.3 Å². The predicted octanol–water partition coefficient (Wildman–Crippen LogP) is 2.18. The summed E-state index contributed by atoms with van der Waals surface area (Å²) in [6.07, 6.45) is 5.20. The molecule has 1 saturated carbocycles. The van der Waals surface area contributed by atoms with Gasteiger partial charge < -0.3 is 15.0 Å². The summed E-state index contributed by atoms with van der Waals surface area (Å²) in [5, 5.41) is 7.88. The molecular formula is C16H28IN5O. The first-order chi connectivity index (χ1) is 10.5. The van der Waals surface area contributed by atoms with Gasteiger partial charge in [-0.25, -0.2) is 0 Å². The molecule has 2 atom stereocenters. The zero-order valence-electron chi connectivity index (χ0n) is 14.5. The van der Waals surface area contributed by atoms with Crippen LogP contribution in [0.1, 0.15) is 38.9 Å². The van der Waals surface area contributed by atoms with Gasteiger partial charge in [0.2, 0.25) is 0 Å². The van der Waals surface area contributed by atoms with Gasteiger partial charge in [-0.05, 0) is 18.8 Å². The minimum atomic E-state index is 0. The van der Waals surface area contributed by atoms with E-state index < -0.39 is 0 Å².